The van der Waals surface area contributed by atoms with Crippen LogP contribution in [-0.4, -0.2) is 30.5 Å². The van der Waals surface area contributed by atoms with Gasteiger partial charge in [-0.3, -0.25) is 0 Å². The van der Waals surface area contributed by atoms with E-state index in [9.17, 15) is 18.0 Å². The van der Waals surface area contributed by atoms with Gasteiger partial charge >= 0.3 is 6.18 Å². The maximum Gasteiger partial charge on any atom is 0.416 e. The summed E-state index contributed by atoms with van der Waals surface area (Å²) in [5.74, 6) is 0.240. The predicted molar refractivity (Wildman–Crippen MR) is 68.5 cm³/mol. The largest absolute Gasteiger partial charge is 0.471 e. The van der Waals surface area contributed by atoms with Crippen molar-refractivity contribution in [2.24, 2.45) is 10.9 Å². The van der Waals surface area contributed by atoms with Crippen molar-refractivity contribution in [3.63, 3.8) is 0 Å². The Morgan fingerprint density at radius 3 is 2.65 bits per heavy atom. The molecule has 1 aliphatic carbocycles. The van der Waals surface area contributed by atoms with Gasteiger partial charge in [-0.2, -0.15) is 13.2 Å². The molecule has 0 amide bonds. The molecule has 0 spiro atoms. The molecule has 0 bridgehead atoms. The molecule has 0 saturated heterocycles. The number of allylic oxidation sites excluding steroid dienone is 3. The Labute approximate surface area is 115 Å². The van der Waals surface area contributed by atoms with Gasteiger partial charge in [0, 0.05) is 5.57 Å². The van der Waals surface area contributed by atoms with Crippen LogP contribution >= 0.6 is 0 Å². The molecule has 1 heterocycles. The summed E-state index contributed by atoms with van der Waals surface area (Å²) in [6.45, 7) is 3.77. The van der Waals surface area contributed by atoms with Gasteiger partial charge in [-0.25, -0.2) is 4.99 Å². The molecule has 0 N–H and O–H groups in total. The summed E-state index contributed by atoms with van der Waals surface area (Å²) >= 11 is 0. The fourth-order valence-corrected chi connectivity index (χ4v) is 2.30. The van der Waals surface area contributed by atoms with Crippen molar-refractivity contribution < 1.29 is 22.7 Å². The Kier molecular flexibility index (Phi) is 4.01. The predicted octanol–water partition coefficient (Wildman–Crippen LogP) is 3.22. The maximum absolute atomic E-state index is 12.7. The van der Waals surface area contributed by atoms with E-state index in [1.807, 2.05) is 13.8 Å². The maximum atomic E-state index is 12.7. The van der Waals surface area contributed by atoms with Crippen molar-refractivity contribution >= 4 is 12.2 Å². The third kappa shape index (κ3) is 2.94. The number of carbonyl (C=O) groups excluding carboxylic acids is 1. The molecule has 6 heteroatoms. The molecular formula is C14H16F3NO2. The van der Waals surface area contributed by atoms with E-state index in [1.54, 1.807) is 0 Å². The molecule has 2 atom stereocenters. The van der Waals surface area contributed by atoms with E-state index in [4.69, 9.17) is 4.74 Å². The number of hydrogen-bond acceptors (Lipinski definition) is 3. The number of carbonyl (C=O) groups is 1. The van der Waals surface area contributed by atoms with Gasteiger partial charge in [0.05, 0.1) is 5.57 Å². The van der Waals surface area contributed by atoms with Crippen molar-refractivity contribution in [1.82, 2.24) is 0 Å². The average molecular weight is 287 g/mol. The normalized spacial score (nSPS) is 26.8. The Hall–Kier alpha value is -1.59. The lowest BCUT2D eigenvalue weighted by molar-refractivity contribution is -0.110. The molecule has 0 aromatic carbocycles. The number of rotatable bonds is 3. The molecule has 1 aliphatic heterocycles. The number of ether oxygens (including phenoxy) is 1. The van der Waals surface area contributed by atoms with E-state index in [0.29, 0.717) is 24.7 Å². The van der Waals surface area contributed by atoms with Gasteiger partial charge in [0.15, 0.2) is 0 Å². The Bertz CT molecular complexity index is 489. The van der Waals surface area contributed by atoms with Gasteiger partial charge in [-0.1, -0.05) is 19.9 Å². The third-order valence-electron chi connectivity index (χ3n) is 3.36. The fraction of sp³-hybridized carbons (Fsp3) is 0.571. The number of aliphatic imine (C=N–C) groups is 1. The summed E-state index contributed by atoms with van der Waals surface area (Å²) < 4.78 is 43.7. The third-order valence-corrected chi connectivity index (χ3v) is 3.36. The van der Waals surface area contributed by atoms with Crippen molar-refractivity contribution in [3.8, 4) is 0 Å². The van der Waals surface area contributed by atoms with Crippen LogP contribution in [0.15, 0.2) is 28.3 Å². The quantitative estimate of drug-likeness (QED) is 0.748. The Morgan fingerprint density at radius 1 is 1.45 bits per heavy atom. The molecule has 20 heavy (non-hydrogen) atoms. The zero-order valence-electron chi connectivity index (χ0n) is 11.3. The molecule has 110 valence electrons. The van der Waals surface area contributed by atoms with Crippen molar-refractivity contribution in [3.05, 3.63) is 23.3 Å². The first-order valence-corrected chi connectivity index (χ1v) is 6.51. The van der Waals surface area contributed by atoms with E-state index in [2.05, 4.69) is 4.99 Å². The van der Waals surface area contributed by atoms with Crippen LogP contribution in [-0.2, 0) is 9.53 Å². The highest BCUT2D eigenvalue weighted by Gasteiger charge is 2.37. The Balaban J connectivity index is 2.23. The molecule has 2 aliphatic rings. The summed E-state index contributed by atoms with van der Waals surface area (Å²) in [6, 6.07) is -0.633. The minimum Gasteiger partial charge on any atom is -0.471 e. The fourth-order valence-electron chi connectivity index (χ4n) is 2.30. The summed E-state index contributed by atoms with van der Waals surface area (Å²) in [5.41, 5.74) is -0.268. The number of nitrogens with zero attached hydrogens (tertiary/aromatic N) is 1. The monoisotopic (exact) mass is 287 g/mol. The zero-order chi connectivity index (χ0) is 14.9. The first-order chi connectivity index (χ1) is 9.32. The van der Waals surface area contributed by atoms with Crippen LogP contribution in [0.3, 0.4) is 0 Å². The van der Waals surface area contributed by atoms with Crippen LogP contribution in [0, 0.1) is 5.92 Å². The molecule has 0 saturated carbocycles. The minimum atomic E-state index is -4.37. The second-order valence-corrected chi connectivity index (χ2v) is 5.25. The Morgan fingerprint density at radius 2 is 2.15 bits per heavy atom. The average Bonchev–Trinajstić information content (AvgIpc) is 2.82. The molecular weight excluding hydrogens is 271 g/mol. The lowest BCUT2D eigenvalue weighted by Gasteiger charge is -2.19. The molecule has 0 fully saturated rings. The van der Waals surface area contributed by atoms with Crippen LogP contribution in [0.5, 0.6) is 0 Å². The summed E-state index contributed by atoms with van der Waals surface area (Å²) in [5, 5.41) is 0. The van der Waals surface area contributed by atoms with Crippen molar-refractivity contribution in [2.45, 2.75) is 45.0 Å². The van der Waals surface area contributed by atoms with Crippen LogP contribution in [0.1, 0.15) is 26.7 Å². The molecule has 2 rings (SSSR count). The van der Waals surface area contributed by atoms with Crippen LogP contribution < -0.4 is 0 Å². The number of aldehydes is 1. The SMILES string of the molecule is CC(C)C1OC(C2=CC(C(F)(F)F)=CCC2)=NC1C=O. The van der Waals surface area contributed by atoms with Crippen molar-refractivity contribution in [2.75, 3.05) is 0 Å². The molecule has 3 nitrogen and oxygen atoms in total. The standard InChI is InChI=1S/C14H16F3NO2/c1-8(2)12-11(7-19)18-13(20-12)9-4-3-5-10(6-9)14(15,16)17/h5-8,11-12H,3-4H2,1-2H3. The highest BCUT2D eigenvalue weighted by Crippen LogP contribution is 2.33. The highest BCUT2D eigenvalue weighted by molar-refractivity contribution is 5.97. The smallest absolute Gasteiger partial charge is 0.416 e. The van der Waals surface area contributed by atoms with Crippen LogP contribution in [0.2, 0.25) is 0 Å². The lowest BCUT2D eigenvalue weighted by atomic mass is 9.99. The summed E-state index contributed by atoms with van der Waals surface area (Å²) in [4.78, 5) is 15.1. The molecule has 0 aromatic heterocycles. The highest BCUT2D eigenvalue weighted by atomic mass is 19.4. The summed E-state index contributed by atoms with van der Waals surface area (Å²) in [7, 11) is 0. The number of halogens is 3. The van der Waals surface area contributed by atoms with Crippen LogP contribution in [0.25, 0.3) is 0 Å². The zero-order valence-corrected chi connectivity index (χ0v) is 11.3. The van der Waals surface area contributed by atoms with E-state index in [-0.39, 0.29) is 11.8 Å². The van der Waals surface area contributed by atoms with Gasteiger partial charge in [0.25, 0.3) is 0 Å². The summed E-state index contributed by atoms with van der Waals surface area (Å²) in [6.07, 6.45) is -1.13. The first kappa shape index (κ1) is 14.8. The van der Waals surface area contributed by atoms with E-state index in [0.717, 1.165) is 12.2 Å². The first-order valence-electron chi connectivity index (χ1n) is 6.51. The second-order valence-electron chi connectivity index (χ2n) is 5.25. The van der Waals surface area contributed by atoms with Gasteiger partial charge in [-0.05, 0) is 24.8 Å². The van der Waals surface area contributed by atoms with E-state index < -0.39 is 23.9 Å². The van der Waals surface area contributed by atoms with Crippen LogP contribution in [0.4, 0.5) is 13.2 Å². The van der Waals surface area contributed by atoms with E-state index >= 15 is 0 Å². The van der Waals surface area contributed by atoms with E-state index in [1.165, 1.54) is 0 Å². The van der Waals surface area contributed by atoms with Crippen molar-refractivity contribution in [1.29, 1.82) is 0 Å². The molecule has 0 radical (unpaired) electrons. The number of hydrogen-bond donors (Lipinski definition) is 0. The van der Waals surface area contributed by atoms with Gasteiger partial charge in [-0.15, -0.1) is 0 Å². The lowest BCUT2D eigenvalue weighted by Crippen LogP contribution is -2.29. The molecule has 2 unspecified atom stereocenters. The topological polar surface area (TPSA) is 38.7 Å². The minimum absolute atomic E-state index is 0.0632. The second kappa shape index (κ2) is 5.42. The van der Waals surface area contributed by atoms with Gasteiger partial charge in [0.1, 0.15) is 18.4 Å². The number of alkyl halides is 3. The van der Waals surface area contributed by atoms with Gasteiger partial charge in [0.2, 0.25) is 5.90 Å². The molecule has 0 aromatic rings. The van der Waals surface area contributed by atoms with Gasteiger partial charge < -0.3 is 9.53 Å².